The highest BCUT2D eigenvalue weighted by molar-refractivity contribution is 7.98. The molecule has 6 heteroatoms. The second kappa shape index (κ2) is 5.54. The summed E-state index contributed by atoms with van der Waals surface area (Å²) in [6, 6.07) is 0. The van der Waals surface area contributed by atoms with E-state index < -0.39 is 41.0 Å². The second-order valence-electron chi connectivity index (χ2n) is 3.01. The number of hydrogen-bond acceptors (Lipinski definition) is 2. The molecule has 0 saturated heterocycles. The van der Waals surface area contributed by atoms with Gasteiger partial charge >= 0.3 is 0 Å². The summed E-state index contributed by atoms with van der Waals surface area (Å²) in [5.41, 5.74) is -1.60. The molecule has 0 radical (unpaired) electrons. The highest BCUT2D eigenvalue weighted by atomic mass is 32.2. The number of thioether (sulfide) groups is 1. The van der Waals surface area contributed by atoms with Crippen LogP contribution < -0.4 is 0 Å². The largest absolute Gasteiger partial charge is 0.391 e. The number of aliphatic hydroxyl groups is 1. The summed E-state index contributed by atoms with van der Waals surface area (Å²) in [6.07, 6.45) is 0. The second-order valence-corrected chi connectivity index (χ2v) is 4.28. The molecule has 0 unspecified atom stereocenters. The Morgan fingerprint density at radius 3 is 1.75 bits per heavy atom. The van der Waals surface area contributed by atoms with E-state index in [2.05, 4.69) is 0 Å². The zero-order chi connectivity index (χ0) is 12.3. The lowest BCUT2D eigenvalue weighted by Crippen LogP contribution is -2.08. The Bertz CT molecular complexity index is 366. The Kier molecular flexibility index (Phi) is 4.61. The van der Waals surface area contributed by atoms with Crippen LogP contribution in [0.1, 0.15) is 18.1 Å². The highest BCUT2D eigenvalue weighted by Crippen LogP contribution is 2.27. The zero-order valence-electron chi connectivity index (χ0n) is 8.49. The van der Waals surface area contributed by atoms with E-state index >= 15 is 0 Å². The summed E-state index contributed by atoms with van der Waals surface area (Å²) >= 11 is 1.14. The number of benzene rings is 1. The average molecular weight is 254 g/mol. The van der Waals surface area contributed by atoms with Crippen molar-refractivity contribution in [2.45, 2.75) is 19.3 Å². The van der Waals surface area contributed by atoms with Gasteiger partial charge in [-0.15, -0.1) is 0 Å². The lowest BCUT2D eigenvalue weighted by molar-refractivity contribution is 0.262. The van der Waals surface area contributed by atoms with Gasteiger partial charge in [-0.05, 0) is 5.75 Å². The average Bonchev–Trinajstić information content (AvgIpc) is 2.27. The van der Waals surface area contributed by atoms with Crippen molar-refractivity contribution in [3.05, 3.63) is 34.4 Å². The van der Waals surface area contributed by atoms with Gasteiger partial charge in [0.2, 0.25) is 0 Å². The van der Waals surface area contributed by atoms with Crippen molar-refractivity contribution in [2.75, 3.05) is 5.75 Å². The molecule has 1 aromatic carbocycles. The van der Waals surface area contributed by atoms with Crippen LogP contribution in [-0.2, 0) is 12.4 Å². The Morgan fingerprint density at radius 2 is 1.38 bits per heavy atom. The van der Waals surface area contributed by atoms with Crippen LogP contribution in [0.2, 0.25) is 0 Å². The molecular weight excluding hydrogens is 244 g/mol. The molecule has 1 rings (SSSR count). The maximum Gasteiger partial charge on any atom is 0.167 e. The molecule has 0 aromatic heterocycles. The van der Waals surface area contributed by atoms with Gasteiger partial charge < -0.3 is 5.11 Å². The molecule has 0 atom stereocenters. The summed E-state index contributed by atoms with van der Waals surface area (Å²) < 4.78 is 53.0. The van der Waals surface area contributed by atoms with Crippen LogP contribution in [0.3, 0.4) is 0 Å². The molecule has 0 bridgehead atoms. The first-order valence-electron chi connectivity index (χ1n) is 4.56. The Hall–Kier alpha value is -0.750. The maximum atomic E-state index is 13.3. The van der Waals surface area contributed by atoms with Crippen LogP contribution in [0, 0.1) is 23.3 Å². The van der Waals surface area contributed by atoms with Crippen molar-refractivity contribution in [1.29, 1.82) is 0 Å². The molecule has 0 heterocycles. The predicted molar refractivity (Wildman–Crippen MR) is 54.0 cm³/mol. The van der Waals surface area contributed by atoms with E-state index in [1.165, 1.54) is 0 Å². The molecule has 90 valence electrons. The molecule has 0 spiro atoms. The fourth-order valence-electron chi connectivity index (χ4n) is 1.19. The van der Waals surface area contributed by atoms with E-state index in [0.29, 0.717) is 5.75 Å². The molecule has 0 aliphatic heterocycles. The van der Waals surface area contributed by atoms with Gasteiger partial charge in [-0.25, -0.2) is 17.6 Å². The van der Waals surface area contributed by atoms with Crippen LogP contribution in [0.5, 0.6) is 0 Å². The Labute approximate surface area is 94.5 Å². The number of hydrogen-bond donors (Lipinski definition) is 1. The minimum absolute atomic E-state index is 0.145. The lowest BCUT2D eigenvalue weighted by Gasteiger charge is -2.09. The summed E-state index contributed by atoms with van der Waals surface area (Å²) in [4.78, 5) is 0. The first-order chi connectivity index (χ1) is 7.54. The number of rotatable bonds is 4. The van der Waals surface area contributed by atoms with E-state index in [4.69, 9.17) is 5.11 Å². The van der Waals surface area contributed by atoms with Crippen molar-refractivity contribution in [3.63, 3.8) is 0 Å². The first-order valence-corrected chi connectivity index (χ1v) is 5.72. The molecule has 1 nitrogen and oxygen atoms in total. The van der Waals surface area contributed by atoms with Gasteiger partial charge in [0.05, 0.1) is 12.2 Å². The summed E-state index contributed by atoms with van der Waals surface area (Å²) in [6.45, 7) is 0.683. The van der Waals surface area contributed by atoms with Crippen molar-refractivity contribution < 1.29 is 22.7 Å². The molecule has 0 amide bonds. The van der Waals surface area contributed by atoms with Crippen LogP contribution in [0.4, 0.5) is 17.6 Å². The van der Waals surface area contributed by atoms with Gasteiger partial charge in [0, 0.05) is 11.3 Å². The van der Waals surface area contributed by atoms with E-state index in [-0.39, 0.29) is 5.75 Å². The van der Waals surface area contributed by atoms with Gasteiger partial charge in [-0.1, -0.05) is 6.92 Å². The molecule has 0 aliphatic rings. The third-order valence-electron chi connectivity index (χ3n) is 2.05. The van der Waals surface area contributed by atoms with Crippen molar-refractivity contribution >= 4 is 11.8 Å². The van der Waals surface area contributed by atoms with Gasteiger partial charge in [0.15, 0.2) is 23.3 Å². The summed E-state index contributed by atoms with van der Waals surface area (Å²) in [7, 11) is 0. The number of halogens is 4. The van der Waals surface area contributed by atoms with E-state index in [9.17, 15) is 17.6 Å². The molecule has 1 aromatic rings. The first kappa shape index (κ1) is 13.3. The SMILES string of the molecule is CCSCc1c(F)c(F)c(CO)c(F)c1F. The zero-order valence-corrected chi connectivity index (χ0v) is 9.31. The lowest BCUT2D eigenvalue weighted by atomic mass is 10.1. The number of aliphatic hydroxyl groups excluding tert-OH is 1. The van der Waals surface area contributed by atoms with Crippen molar-refractivity contribution in [1.82, 2.24) is 0 Å². The van der Waals surface area contributed by atoms with Gasteiger partial charge in [0.1, 0.15) is 0 Å². The van der Waals surface area contributed by atoms with Gasteiger partial charge in [0.25, 0.3) is 0 Å². The smallest absolute Gasteiger partial charge is 0.167 e. The normalized spacial score (nSPS) is 10.9. The third-order valence-corrected chi connectivity index (χ3v) is 2.95. The fourth-order valence-corrected chi connectivity index (χ4v) is 1.85. The standard InChI is InChI=1S/C10H10F4OS/c1-2-16-4-6-9(13)7(11)5(3-15)8(12)10(6)14/h15H,2-4H2,1H3. The molecule has 1 N–H and O–H groups in total. The van der Waals surface area contributed by atoms with E-state index in [1.54, 1.807) is 6.92 Å². The highest BCUT2D eigenvalue weighted by Gasteiger charge is 2.24. The summed E-state index contributed by atoms with van der Waals surface area (Å²) in [5.74, 6) is -5.47. The molecule has 16 heavy (non-hydrogen) atoms. The van der Waals surface area contributed by atoms with Crippen LogP contribution in [-0.4, -0.2) is 10.9 Å². The quantitative estimate of drug-likeness (QED) is 0.658. The van der Waals surface area contributed by atoms with Crippen molar-refractivity contribution in [3.8, 4) is 0 Å². The molecule has 0 saturated carbocycles. The van der Waals surface area contributed by atoms with E-state index in [0.717, 1.165) is 11.8 Å². The third kappa shape index (κ3) is 2.32. The Balaban J connectivity index is 3.29. The molecular formula is C10H10F4OS. The minimum Gasteiger partial charge on any atom is -0.391 e. The summed E-state index contributed by atoms with van der Waals surface area (Å²) in [5, 5.41) is 8.60. The topological polar surface area (TPSA) is 20.2 Å². The Morgan fingerprint density at radius 1 is 0.938 bits per heavy atom. The van der Waals surface area contributed by atoms with Gasteiger partial charge in [-0.2, -0.15) is 11.8 Å². The van der Waals surface area contributed by atoms with Crippen molar-refractivity contribution in [2.24, 2.45) is 0 Å². The van der Waals surface area contributed by atoms with Crippen LogP contribution in [0.25, 0.3) is 0 Å². The predicted octanol–water partition coefficient (Wildman–Crippen LogP) is 2.99. The van der Waals surface area contributed by atoms with E-state index in [1.807, 2.05) is 0 Å². The maximum absolute atomic E-state index is 13.3. The molecule has 0 aliphatic carbocycles. The monoisotopic (exact) mass is 254 g/mol. The minimum atomic E-state index is -1.52. The fraction of sp³-hybridized carbons (Fsp3) is 0.400. The molecule has 0 fully saturated rings. The van der Waals surface area contributed by atoms with Crippen LogP contribution in [0.15, 0.2) is 0 Å². The van der Waals surface area contributed by atoms with Crippen LogP contribution >= 0.6 is 11.8 Å². The van der Waals surface area contributed by atoms with Gasteiger partial charge in [-0.3, -0.25) is 0 Å².